The number of hydrogen-bond donors (Lipinski definition) is 2. The summed E-state index contributed by atoms with van der Waals surface area (Å²) in [7, 11) is 3.15. The van der Waals surface area contributed by atoms with Crippen LogP contribution in [-0.4, -0.2) is 77.4 Å². The molecule has 0 radical (unpaired) electrons. The maximum atomic E-state index is 14.0. The molecule has 0 saturated carbocycles. The predicted octanol–water partition coefficient (Wildman–Crippen LogP) is 2.68. The Bertz CT molecular complexity index is 1360. The highest BCUT2D eigenvalue weighted by molar-refractivity contribution is 9.10. The summed E-state index contributed by atoms with van der Waals surface area (Å²) in [5.41, 5.74) is 7.91. The number of benzene rings is 2. The van der Waals surface area contributed by atoms with Gasteiger partial charge in [0.15, 0.2) is 17.3 Å². The SMILES string of the molecule is COc1ccccc1C(=O)CN1C(=O)c2c(nc(N3CCCC(N)C3)n2Cc2ccccc2Br)N(C)C1O. The number of nitrogens with zero attached hydrogens (tertiary/aromatic N) is 5. The zero-order chi connectivity index (χ0) is 27.0. The quantitative estimate of drug-likeness (QED) is 0.408. The van der Waals surface area contributed by atoms with E-state index in [1.807, 2.05) is 28.8 Å². The summed E-state index contributed by atoms with van der Waals surface area (Å²) in [5.74, 6) is 0.579. The molecular formula is C27H31BrN6O4. The number of fused-ring (bicyclic) bond motifs is 1. The van der Waals surface area contributed by atoms with E-state index in [0.717, 1.165) is 29.4 Å². The van der Waals surface area contributed by atoms with Crippen molar-refractivity contribution in [1.82, 2.24) is 14.5 Å². The van der Waals surface area contributed by atoms with E-state index < -0.39 is 12.3 Å². The van der Waals surface area contributed by atoms with E-state index in [-0.39, 0.29) is 18.4 Å². The number of aliphatic hydroxyl groups is 1. The Hall–Kier alpha value is -3.41. The van der Waals surface area contributed by atoms with Gasteiger partial charge in [-0.05, 0) is 36.6 Å². The standard InChI is InChI=1S/C27H31BrN6O4/c1-31-24-23(25(36)34(27(31)37)16-21(35)19-10-4-6-12-22(19)38-2)33(14-17-8-3-5-11-20(17)28)26(30-24)32-13-7-9-18(29)15-32/h3-6,8,10-12,18,27,37H,7,9,13-16,29H2,1-2H3. The second kappa shape index (κ2) is 10.8. The molecule has 0 bridgehead atoms. The number of piperidine rings is 1. The van der Waals surface area contributed by atoms with Crippen LogP contribution in [0.1, 0.15) is 39.3 Å². The fourth-order valence-corrected chi connectivity index (χ4v) is 5.50. The van der Waals surface area contributed by atoms with Gasteiger partial charge in [0.1, 0.15) is 5.75 Å². The monoisotopic (exact) mass is 582 g/mol. The molecular weight excluding hydrogens is 552 g/mol. The molecule has 2 atom stereocenters. The Balaban J connectivity index is 1.56. The number of aliphatic hydroxyl groups excluding tert-OH is 1. The summed E-state index contributed by atoms with van der Waals surface area (Å²) in [6.45, 7) is 1.42. The zero-order valence-corrected chi connectivity index (χ0v) is 23.0. The number of rotatable bonds is 7. The number of ketones is 1. The van der Waals surface area contributed by atoms with Crippen LogP contribution in [0.25, 0.3) is 0 Å². The summed E-state index contributed by atoms with van der Waals surface area (Å²) in [5, 5.41) is 11.1. The van der Waals surface area contributed by atoms with E-state index in [9.17, 15) is 14.7 Å². The van der Waals surface area contributed by atoms with Crippen LogP contribution in [-0.2, 0) is 6.54 Å². The minimum Gasteiger partial charge on any atom is -0.496 e. The number of amides is 1. The number of methoxy groups -OCH3 is 1. The minimum atomic E-state index is -1.36. The van der Waals surface area contributed by atoms with Crippen molar-refractivity contribution >= 4 is 39.4 Å². The van der Waals surface area contributed by atoms with E-state index in [1.165, 1.54) is 16.9 Å². The van der Waals surface area contributed by atoms with E-state index in [2.05, 4.69) is 20.8 Å². The Morgan fingerprint density at radius 3 is 2.68 bits per heavy atom. The van der Waals surface area contributed by atoms with Crippen LogP contribution in [0.3, 0.4) is 0 Å². The molecule has 1 saturated heterocycles. The van der Waals surface area contributed by atoms with Gasteiger partial charge >= 0.3 is 0 Å². The molecule has 11 heteroatoms. The van der Waals surface area contributed by atoms with Crippen LogP contribution < -0.4 is 20.3 Å². The van der Waals surface area contributed by atoms with Gasteiger partial charge in [-0.25, -0.2) is 0 Å². The Morgan fingerprint density at radius 2 is 1.95 bits per heavy atom. The fourth-order valence-electron chi connectivity index (χ4n) is 5.09. The number of nitrogens with two attached hydrogens (primary N) is 1. The van der Waals surface area contributed by atoms with Crippen molar-refractivity contribution in [3.8, 4) is 5.75 Å². The highest BCUT2D eigenvalue weighted by Gasteiger charge is 2.42. The molecule has 38 heavy (non-hydrogen) atoms. The number of carbonyl (C=O) groups excluding carboxylic acids is 2. The topological polar surface area (TPSA) is 117 Å². The zero-order valence-electron chi connectivity index (χ0n) is 21.4. The molecule has 3 N–H and O–H groups in total. The normalized spacial score (nSPS) is 19.5. The summed E-state index contributed by atoms with van der Waals surface area (Å²) in [6.07, 6.45) is 0.481. The molecule has 1 aromatic heterocycles. The van der Waals surface area contributed by atoms with E-state index in [0.29, 0.717) is 41.9 Å². The third-order valence-corrected chi connectivity index (χ3v) is 7.87. The second-order valence-corrected chi connectivity index (χ2v) is 10.5. The van der Waals surface area contributed by atoms with Crippen LogP contribution >= 0.6 is 15.9 Å². The number of aromatic nitrogens is 2. The number of hydrogen-bond acceptors (Lipinski definition) is 8. The lowest BCUT2D eigenvalue weighted by Crippen LogP contribution is -2.55. The smallest absolute Gasteiger partial charge is 0.278 e. The van der Waals surface area contributed by atoms with Crippen LogP contribution in [0.4, 0.5) is 11.8 Å². The average molecular weight is 583 g/mol. The fraction of sp³-hybridized carbons (Fsp3) is 0.370. The second-order valence-electron chi connectivity index (χ2n) is 9.62. The molecule has 2 unspecified atom stereocenters. The number of anilines is 2. The first-order valence-electron chi connectivity index (χ1n) is 12.5. The maximum Gasteiger partial charge on any atom is 0.278 e. The third kappa shape index (κ3) is 4.77. The molecule has 2 aliphatic rings. The number of ether oxygens (including phenoxy) is 1. The van der Waals surface area contributed by atoms with Gasteiger partial charge in [0.25, 0.3) is 5.91 Å². The molecule has 3 heterocycles. The highest BCUT2D eigenvalue weighted by atomic mass is 79.9. The van der Waals surface area contributed by atoms with Gasteiger partial charge in [-0.15, -0.1) is 0 Å². The predicted molar refractivity (Wildman–Crippen MR) is 148 cm³/mol. The number of Topliss-reactive ketones (excluding diaryl/α,β-unsaturated/α-hetero) is 1. The van der Waals surface area contributed by atoms with Crippen LogP contribution in [0.2, 0.25) is 0 Å². The third-order valence-electron chi connectivity index (χ3n) is 7.10. The first-order chi connectivity index (χ1) is 18.3. The molecule has 5 rings (SSSR count). The lowest BCUT2D eigenvalue weighted by atomic mass is 10.1. The van der Waals surface area contributed by atoms with Gasteiger partial charge in [0, 0.05) is 30.7 Å². The maximum absolute atomic E-state index is 14.0. The lowest BCUT2D eigenvalue weighted by molar-refractivity contribution is 0.00447. The summed E-state index contributed by atoms with van der Waals surface area (Å²) >= 11 is 3.62. The van der Waals surface area contributed by atoms with Crippen molar-refractivity contribution < 1.29 is 19.4 Å². The van der Waals surface area contributed by atoms with Crippen molar-refractivity contribution in [1.29, 1.82) is 0 Å². The van der Waals surface area contributed by atoms with Gasteiger partial charge in [-0.1, -0.05) is 46.3 Å². The molecule has 1 amide bonds. The van der Waals surface area contributed by atoms with Crippen LogP contribution in [0.5, 0.6) is 5.75 Å². The molecule has 1 fully saturated rings. The van der Waals surface area contributed by atoms with Gasteiger partial charge in [-0.3, -0.25) is 19.1 Å². The minimum absolute atomic E-state index is 0.00313. The number of imidazole rings is 1. The largest absolute Gasteiger partial charge is 0.496 e. The van der Waals surface area contributed by atoms with Gasteiger partial charge in [0.2, 0.25) is 12.3 Å². The van der Waals surface area contributed by atoms with Gasteiger partial charge in [0.05, 0.1) is 25.8 Å². The molecule has 10 nitrogen and oxygen atoms in total. The van der Waals surface area contributed by atoms with Gasteiger partial charge < -0.3 is 25.4 Å². The first-order valence-corrected chi connectivity index (χ1v) is 13.3. The molecule has 0 aliphatic carbocycles. The molecule has 2 aromatic carbocycles. The van der Waals surface area contributed by atoms with Crippen molar-refractivity contribution in [2.24, 2.45) is 5.73 Å². The number of para-hydroxylation sites is 1. The van der Waals surface area contributed by atoms with Crippen LogP contribution in [0.15, 0.2) is 53.0 Å². The Morgan fingerprint density at radius 1 is 1.21 bits per heavy atom. The molecule has 3 aromatic rings. The summed E-state index contributed by atoms with van der Waals surface area (Å²) < 4.78 is 8.11. The summed E-state index contributed by atoms with van der Waals surface area (Å²) in [6, 6.07) is 14.6. The molecule has 0 spiro atoms. The van der Waals surface area contributed by atoms with E-state index in [4.69, 9.17) is 15.5 Å². The van der Waals surface area contributed by atoms with E-state index >= 15 is 0 Å². The van der Waals surface area contributed by atoms with Crippen molar-refractivity contribution in [2.45, 2.75) is 31.8 Å². The number of halogens is 1. The molecule has 2 aliphatic heterocycles. The Kier molecular flexibility index (Phi) is 7.42. The lowest BCUT2D eigenvalue weighted by Gasteiger charge is -2.38. The number of carbonyl (C=O) groups is 2. The van der Waals surface area contributed by atoms with E-state index in [1.54, 1.807) is 31.3 Å². The first kappa shape index (κ1) is 26.2. The Labute approximate surface area is 229 Å². The summed E-state index contributed by atoms with van der Waals surface area (Å²) in [4.78, 5) is 36.9. The van der Waals surface area contributed by atoms with Crippen molar-refractivity contribution in [3.05, 3.63) is 69.8 Å². The van der Waals surface area contributed by atoms with Crippen LogP contribution in [0, 0.1) is 0 Å². The average Bonchev–Trinajstić information content (AvgIpc) is 3.30. The van der Waals surface area contributed by atoms with Gasteiger partial charge in [-0.2, -0.15) is 4.98 Å². The highest BCUT2D eigenvalue weighted by Crippen LogP contribution is 2.35. The van der Waals surface area contributed by atoms with Crippen molar-refractivity contribution in [2.75, 3.05) is 43.6 Å². The van der Waals surface area contributed by atoms with Crippen molar-refractivity contribution in [3.63, 3.8) is 0 Å². The molecule has 200 valence electrons.